The highest BCUT2D eigenvalue weighted by molar-refractivity contribution is 7.17. The lowest BCUT2D eigenvalue weighted by Crippen LogP contribution is -2.37. The topological polar surface area (TPSA) is 33.0 Å². The number of benzene rings is 1. The van der Waals surface area contributed by atoms with Gasteiger partial charge >= 0.3 is 7.72 Å². The summed E-state index contributed by atoms with van der Waals surface area (Å²) in [5.41, 5.74) is 0.823. The summed E-state index contributed by atoms with van der Waals surface area (Å²) < 4.78 is 20.6. The Balaban J connectivity index is 1.45. The van der Waals surface area contributed by atoms with Crippen LogP contribution in [0.15, 0.2) is 24.3 Å². The molecule has 130 valence electrons. The summed E-state index contributed by atoms with van der Waals surface area (Å²) in [6.07, 6.45) is 7.55. The lowest BCUT2D eigenvalue weighted by Gasteiger charge is -2.39. The average Bonchev–Trinajstić information content (AvgIpc) is 2.61. The molecule has 1 heterocycles. The molecule has 2 atom stereocenters. The van der Waals surface area contributed by atoms with E-state index in [9.17, 15) is 4.11 Å². The standard InChI is InChI=1S/C19H25ClFNOSi/c20-24(21)12-2-1-3-19(24)17-8-4-16(5-9-17)14-23-18-10-6-15(13-22)7-11-18/h6-7,10-11,16-17,19H,1-5,8-9,12,14H2. The molecule has 0 radical (unpaired) electrons. The monoisotopic (exact) mass is 365 g/mol. The van der Waals surface area contributed by atoms with Crippen molar-refractivity contribution in [1.82, 2.24) is 0 Å². The summed E-state index contributed by atoms with van der Waals surface area (Å²) in [5, 5.41) is 8.81. The summed E-state index contributed by atoms with van der Waals surface area (Å²) in [6.45, 7) is 0.711. The zero-order valence-corrected chi connectivity index (χ0v) is 15.8. The van der Waals surface area contributed by atoms with Gasteiger partial charge in [0.1, 0.15) is 5.75 Å². The van der Waals surface area contributed by atoms with Crippen molar-refractivity contribution >= 4 is 18.8 Å². The molecule has 1 aromatic rings. The molecule has 1 saturated carbocycles. The second-order valence-electron chi connectivity index (χ2n) is 7.34. The summed E-state index contributed by atoms with van der Waals surface area (Å²) in [7, 11) is -2.99. The van der Waals surface area contributed by atoms with Gasteiger partial charge in [0.2, 0.25) is 0 Å². The van der Waals surface area contributed by atoms with Crippen molar-refractivity contribution in [2.45, 2.75) is 56.5 Å². The van der Waals surface area contributed by atoms with E-state index in [-0.39, 0.29) is 5.54 Å². The van der Waals surface area contributed by atoms with Crippen LogP contribution in [0.3, 0.4) is 0 Å². The van der Waals surface area contributed by atoms with E-state index in [1.165, 1.54) is 0 Å². The largest absolute Gasteiger partial charge is 0.493 e. The van der Waals surface area contributed by atoms with E-state index in [2.05, 4.69) is 6.07 Å². The fourth-order valence-corrected chi connectivity index (χ4v) is 8.30. The fourth-order valence-electron chi connectivity index (χ4n) is 4.30. The lowest BCUT2D eigenvalue weighted by atomic mass is 9.79. The summed E-state index contributed by atoms with van der Waals surface area (Å²) in [4.78, 5) is 0. The van der Waals surface area contributed by atoms with E-state index >= 15 is 0 Å². The number of nitrogens with zero attached hydrogens (tertiary/aromatic N) is 1. The Labute approximate surface area is 149 Å². The molecule has 0 bridgehead atoms. The minimum absolute atomic E-state index is 0.174. The first-order valence-electron chi connectivity index (χ1n) is 9.09. The van der Waals surface area contributed by atoms with Gasteiger partial charge in [0.25, 0.3) is 0 Å². The van der Waals surface area contributed by atoms with Gasteiger partial charge < -0.3 is 4.74 Å². The Morgan fingerprint density at radius 3 is 2.46 bits per heavy atom. The molecule has 1 aromatic carbocycles. The molecule has 1 aliphatic carbocycles. The Kier molecular flexibility index (Phi) is 5.83. The first kappa shape index (κ1) is 17.8. The van der Waals surface area contributed by atoms with E-state index < -0.39 is 7.72 Å². The summed E-state index contributed by atoms with van der Waals surface area (Å²) in [6, 6.07) is 10.0. The highest BCUT2D eigenvalue weighted by atomic mass is 35.6. The van der Waals surface area contributed by atoms with Crippen LogP contribution in [0.2, 0.25) is 11.6 Å². The van der Waals surface area contributed by atoms with Crippen LogP contribution in [-0.2, 0) is 0 Å². The molecule has 2 nitrogen and oxygen atoms in total. The first-order valence-corrected chi connectivity index (χ1v) is 12.3. The smallest absolute Gasteiger partial charge is 0.342 e. The van der Waals surface area contributed by atoms with Gasteiger partial charge in [-0.1, -0.05) is 12.8 Å². The number of ether oxygens (including phenoxy) is 1. The quantitative estimate of drug-likeness (QED) is 0.488. The third-order valence-electron chi connectivity index (χ3n) is 5.75. The molecule has 1 saturated heterocycles. The minimum Gasteiger partial charge on any atom is -0.493 e. The number of nitriles is 1. The Bertz CT molecular complexity index is 578. The Morgan fingerprint density at radius 1 is 1.12 bits per heavy atom. The van der Waals surface area contributed by atoms with Crippen LogP contribution in [0.4, 0.5) is 4.11 Å². The maximum Gasteiger partial charge on any atom is 0.342 e. The van der Waals surface area contributed by atoms with Crippen LogP contribution in [-0.4, -0.2) is 14.3 Å². The molecule has 0 aromatic heterocycles. The molecule has 5 heteroatoms. The average molecular weight is 366 g/mol. The van der Waals surface area contributed by atoms with Gasteiger partial charge in [-0.15, -0.1) is 11.1 Å². The van der Waals surface area contributed by atoms with Gasteiger partial charge in [-0.3, -0.25) is 4.11 Å². The van der Waals surface area contributed by atoms with Crippen LogP contribution >= 0.6 is 11.1 Å². The van der Waals surface area contributed by atoms with Crippen molar-refractivity contribution in [3.8, 4) is 11.8 Å². The van der Waals surface area contributed by atoms with Gasteiger partial charge in [0.15, 0.2) is 0 Å². The first-order chi connectivity index (χ1) is 11.6. The van der Waals surface area contributed by atoms with Crippen molar-refractivity contribution in [2.24, 2.45) is 11.8 Å². The van der Waals surface area contributed by atoms with Gasteiger partial charge in [0, 0.05) is 0 Å². The molecule has 24 heavy (non-hydrogen) atoms. The van der Waals surface area contributed by atoms with Crippen LogP contribution in [0.5, 0.6) is 5.75 Å². The van der Waals surface area contributed by atoms with Crippen molar-refractivity contribution in [2.75, 3.05) is 6.61 Å². The molecule has 3 rings (SSSR count). The molecule has 0 N–H and O–H groups in total. The zero-order chi connectivity index (χ0) is 17.0. The number of rotatable bonds is 4. The van der Waals surface area contributed by atoms with E-state index in [1.54, 1.807) is 12.1 Å². The number of hydrogen-bond acceptors (Lipinski definition) is 2. The molecular weight excluding hydrogens is 341 g/mol. The van der Waals surface area contributed by atoms with Crippen molar-refractivity contribution in [3.63, 3.8) is 0 Å². The summed E-state index contributed by atoms with van der Waals surface area (Å²) in [5.74, 6) is 1.86. The third kappa shape index (κ3) is 4.32. The van der Waals surface area contributed by atoms with E-state index in [0.29, 0.717) is 30.1 Å². The van der Waals surface area contributed by atoms with Gasteiger partial charge in [0.05, 0.1) is 18.2 Å². The highest BCUT2D eigenvalue weighted by Crippen LogP contribution is 2.50. The molecule has 1 aliphatic heterocycles. The molecule has 0 spiro atoms. The molecule has 2 aliphatic rings. The van der Waals surface area contributed by atoms with Crippen LogP contribution in [0, 0.1) is 23.2 Å². The zero-order valence-electron chi connectivity index (χ0n) is 14.0. The summed E-state index contributed by atoms with van der Waals surface area (Å²) >= 11 is 6.30. The second kappa shape index (κ2) is 7.88. The van der Waals surface area contributed by atoms with Crippen LogP contribution in [0.1, 0.15) is 50.5 Å². The molecular formula is C19H25ClFNOSi. The molecule has 2 unspecified atom stereocenters. The van der Waals surface area contributed by atoms with Crippen molar-refractivity contribution in [1.29, 1.82) is 5.26 Å². The maximum absolute atomic E-state index is 14.7. The van der Waals surface area contributed by atoms with E-state index in [1.807, 2.05) is 12.1 Å². The van der Waals surface area contributed by atoms with E-state index in [0.717, 1.165) is 50.7 Å². The maximum atomic E-state index is 14.7. The third-order valence-corrected chi connectivity index (χ3v) is 10.0. The van der Waals surface area contributed by atoms with Crippen LogP contribution in [0.25, 0.3) is 0 Å². The SMILES string of the molecule is N#Cc1ccc(OCC2CCC(C3CCCC[Si]3(F)Cl)CC2)cc1. The normalized spacial score (nSPS) is 33.6. The van der Waals surface area contributed by atoms with Crippen molar-refractivity contribution in [3.05, 3.63) is 29.8 Å². The Morgan fingerprint density at radius 2 is 1.83 bits per heavy atom. The molecule has 2 fully saturated rings. The van der Waals surface area contributed by atoms with Gasteiger partial charge in [-0.25, -0.2) is 0 Å². The number of hydrogen-bond donors (Lipinski definition) is 0. The van der Waals surface area contributed by atoms with Gasteiger partial charge in [-0.2, -0.15) is 5.26 Å². The number of halogens is 2. The predicted molar refractivity (Wildman–Crippen MR) is 97.2 cm³/mol. The Hall–Kier alpha value is -1.05. The van der Waals surface area contributed by atoms with E-state index in [4.69, 9.17) is 21.1 Å². The predicted octanol–water partition coefficient (Wildman–Crippen LogP) is 5.95. The molecule has 0 amide bonds. The van der Waals surface area contributed by atoms with Crippen molar-refractivity contribution < 1.29 is 8.84 Å². The van der Waals surface area contributed by atoms with Crippen LogP contribution < -0.4 is 4.74 Å². The minimum atomic E-state index is -2.99. The second-order valence-corrected chi connectivity index (χ2v) is 12.0. The highest BCUT2D eigenvalue weighted by Gasteiger charge is 2.47. The lowest BCUT2D eigenvalue weighted by molar-refractivity contribution is 0.174. The fraction of sp³-hybridized carbons (Fsp3) is 0.632. The van der Waals surface area contributed by atoms with Gasteiger partial charge in [-0.05, 0) is 79.8 Å².